The fourth-order valence-electron chi connectivity index (χ4n) is 2.10. The number of rotatable bonds is 5. The van der Waals surface area contributed by atoms with Crippen molar-refractivity contribution in [2.75, 3.05) is 36.8 Å². The van der Waals surface area contributed by atoms with E-state index in [9.17, 15) is 9.18 Å². The summed E-state index contributed by atoms with van der Waals surface area (Å²) in [5.41, 5.74) is 6.93. The molecule has 0 bridgehead atoms. The zero-order valence-electron chi connectivity index (χ0n) is 13.1. The van der Waals surface area contributed by atoms with Gasteiger partial charge < -0.3 is 26.0 Å². The van der Waals surface area contributed by atoms with Gasteiger partial charge in [-0.1, -0.05) is 0 Å². The summed E-state index contributed by atoms with van der Waals surface area (Å²) in [6.45, 7) is 0.641. The van der Waals surface area contributed by atoms with Crippen LogP contribution in [0.25, 0.3) is 0 Å². The quantitative estimate of drug-likeness (QED) is 0.325. The normalized spacial score (nSPS) is 14.4. The van der Waals surface area contributed by atoms with E-state index in [1.807, 2.05) is 0 Å². The Morgan fingerprint density at radius 3 is 2.96 bits per heavy atom. The Bertz CT molecular complexity index is 669. The summed E-state index contributed by atoms with van der Waals surface area (Å²) in [6, 6.07) is 4.47. The molecule has 6 N–H and O–H groups in total. The summed E-state index contributed by atoms with van der Waals surface area (Å²) in [6.07, 6.45) is 1.45. The first-order valence-corrected chi connectivity index (χ1v) is 7.44. The van der Waals surface area contributed by atoms with Gasteiger partial charge in [0.15, 0.2) is 0 Å². The van der Waals surface area contributed by atoms with Gasteiger partial charge in [-0.05, 0) is 24.4 Å². The van der Waals surface area contributed by atoms with Crippen LogP contribution in [0.3, 0.4) is 0 Å². The average Bonchev–Trinajstić information content (AvgIpc) is 2.98. The largest absolute Gasteiger partial charge is 0.474 e. The first-order chi connectivity index (χ1) is 11.4. The van der Waals surface area contributed by atoms with Crippen LogP contribution in [0.2, 0.25) is 0 Å². The van der Waals surface area contributed by atoms with Crippen molar-refractivity contribution in [1.29, 1.82) is 0 Å². The maximum Gasteiger partial charge on any atom is 0.256 e. The molecule has 0 atom stereocenters. The molecule has 10 heteroatoms. The van der Waals surface area contributed by atoms with E-state index < -0.39 is 5.82 Å². The Morgan fingerprint density at radius 1 is 1.62 bits per heavy atom. The highest BCUT2D eigenvalue weighted by molar-refractivity contribution is 7.80. The first kappa shape index (κ1) is 17.8. The van der Waals surface area contributed by atoms with E-state index in [2.05, 4.69) is 10.6 Å². The Morgan fingerprint density at radius 2 is 2.38 bits per heavy atom. The maximum absolute atomic E-state index is 14.3. The van der Waals surface area contributed by atoms with E-state index in [-0.39, 0.29) is 30.8 Å². The minimum absolute atomic E-state index is 0.126. The molecule has 1 aromatic rings. The number of nitrogens with two attached hydrogens (primary N) is 2. The van der Waals surface area contributed by atoms with Crippen molar-refractivity contribution in [1.82, 2.24) is 10.6 Å². The summed E-state index contributed by atoms with van der Waals surface area (Å²) in [4.78, 5) is 12.8. The molecule has 0 saturated carbocycles. The number of hydrogen-bond acceptors (Lipinski definition) is 7. The fraction of sp³-hybridized carbons (Fsp3) is 0.286. The number of nitrogens with one attached hydrogen (secondary N) is 2. The molecule has 0 spiro atoms. The number of anilines is 2. The molecule has 0 radical (unpaired) electrons. The van der Waals surface area contributed by atoms with Crippen LogP contribution < -0.4 is 32.1 Å². The van der Waals surface area contributed by atoms with Gasteiger partial charge in [-0.25, -0.2) is 10.2 Å². The number of thiocarbonyl (C=S) groups is 1. The van der Waals surface area contributed by atoms with Crippen LogP contribution in [0, 0.1) is 5.82 Å². The summed E-state index contributed by atoms with van der Waals surface area (Å²) in [5, 5.41) is 6.79. The highest BCUT2D eigenvalue weighted by Crippen LogP contribution is 2.24. The van der Waals surface area contributed by atoms with Gasteiger partial charge in [0.2, 0.25) is 5.91 Å². The molecule has 130 valence electrons. The topological polar surface area (TPSA) is 109 Å². The van der Waals surface area contributed by atoms with Gasteiger partial charge in [-0.2, -0.15) is 0 Å². The Hall–Kier alpha value is -2.59. The second-order valence-corrected chi connectivity index (χ2v) is 5.42. The zero-order valence-corrected chi connectivity index (χ0v) is 13.9. The lowest BCUT2D eigenvalue weighted by Crippen LogP contribution is -2.31. The van der Waals surface area contributed by atoms with Gasteiger partial charge >= 0.3 is 0 Å². The predicted octanol–water partition coefficient (Wildman–Crippen LogP) is -0.279. The van der Waals surface area contributed by atoms with Crippen molar-refractivity contribution >= 4 is 34.7 Å². The molecule has 0 aliphatic carbocycles. The van der Waals surface area contributed by atoms with E-state index in [4.69, 9.17) is 28.5 Å². The van der Waals surface area contributed by atoms with Crippen LogP contribution in [0.4, 0.5) is 15.8 Å². The number of nitrogens with zero attached hydrogens (tertiary/aromatic N) is 2. The number of methoxy groups -OCH3 is 1. The molecular weight excluding hydrogens is 335 g/mol. The molecule has 1 aromatic carbocycles. The lowest BCUT2D eigenvalue weighted by Gasteiger charge is -2.20. The molecule has 8 nitrogen and oxygen atoms in total. The summed E-state index contributed by atoms with van der Waals surface area (Å²) in [7, 11) is 1.44. The molecule has 1 heterocycles. The summed E-state index contributed by atoms with van der Waals surface area (Å²) in [5.74, 6) is 5.24. The van der Waals surface area contributed by atoms with Crippen LogP contribution in [0.5, 0.6) is 0 Å². The number of ether oxygens (including phenoxy) is 1. The number of halogens is 1. The third-order valence-corrected chi connectivity index (χ3v) is 3.61. The van der Waals surface area contributed by atoms with Crippen LogP contribution in [-0.4, -0.2) is 37.9 Å². The zero-order chi connectivity index (χ0) is 17.7. The van der Waals surface area contributed by atoms with Crippen molar-refractivity contribution in [3.8, 4) is 0 Å². The number of hydrogen-bond donors (Lipinski definition) is 4. The monoisotopic (exact) mass is 354 g/mol. The third kappa shape index (κ3) is 4.46. The van der Waals surface area contributed by atoms with Crippen LogP contribution in [-0.2, 0) is 9.53 Å². The van der Waals surface area contributed by atoms with Gasteiger partial charge in [0, 0.05) is 18.0 Å². The van der Waals surface area contributed by atoms with Crippen molar-refractivity contribution in [2.45, 2.75) is 0 Å². The Labute approximate surface area is 144 Å². The van der Waals surface area contributed by atoms with Crippen molar-refractivity contribution in [2.24, 2.45) is 11.6 Å². The smallest absolute Gasteiger partial charge is 0.256 e. The van der Waals surface area contributed by atoms with E-state index in [1.54, 1.807) is 17.0 Å². The SMILES string of the molecule is COC(=S)NC/C(N)=C/N(N)c1ccc(N2CNC(=O)C2)c(F)c1. The van der Waals surface area contributed by atoms with E-state index >= 15 is 0 Å². The predicted molar refractivity (Wildman–Crippen MR) is 93.3 cm³/mol. The van der Waals surface area contributed by atoms with Gasteiger partial charge in [-0.15, -0.1) is 0 Å². The van der Waals surface area contributed by atoms with Crippen LogP contribution in [0.1, 0.15) is 0 Å². The second-order valence-electron chi connectivity index (χ2n) is 5.05. The first-order valence-electron chi connectivity index (χ1n) is 7.04. The molecule has 1 aliphatic heterocycles. The van der Waals surface area contributed by atoms with E-state index in [0.29, 0.717) is 17.1 Å². The fourth-order valence-corrected chi connectivity index (χ4v) is 2.17. The molecule has 0 aromatic heterocycles. The lowest BCUT2D eigenvalue weighted by molar-refractivity contribution is -0.118. The summed E-state index contributed by atoms with van der Waals surface area (Å²) < 4.78 is 19.1. The minimum Gasteiger partial charge on any atom is -0.474 e. The number of benzene rings is 1. The minimum atomic E-state index is -0.481. The van der Waals surface area contributed by atoms with Crippen LogP contribution in [0.15, 0.2) is 30.1 Å². The molecule has 1 amide bonds. The van der Waals surface area contributed by atoms with Gasteiger partial charge in [-0.3, -0.25) is 9.80 Å². The molecule has 1 aliphatic rings. The lowest BCUT2D eigenvalue weighted by atomic mass is 10.2. The molecule has 2 rings (SSSR count). The molecule has 0 unspecified atom stereocenters. The molecule has 24 heavy (non-hydrogen) atoms. The van der Waals surface area contributed by atoms with Crippen molar-refractivity contribution < 1.29 is 13.9 Å². The van der Waals surface area contributed by atoms with Crippen molar-refractivity contribution in [3.05, 3.63) is 35.9 Å². The highest BCUT2D eigenvalue weighted by Gasteiger charge is 2.21. The molecular formula is C14H19FN6O2S. The van der Waals surface area contributed by atoms with Crippen LogP contribution >= 0.6 is 12.2 Å². The van der Waals surface area contributed by atoms with Gasteiger partial charge in [0.05, 0.1) is 38.2 Å². The third-order valence-electron chi connectivity index (χ3n) is 3.30. The van der Waals surface area contributed by atoms with Crippen molar-refractivity contribution in [3.63, 3.8) is 0 Å². The number of amides is 1. The molecule has 1 fully saturated rings. The Kier molecular flexibility index (Phi) is 5.77. The standard InChI is InChI=1S/C14H19FN6O2S/c1-23-14(24)18-5-9(16)6-21(17)10-2-3-12(11(15)4-10)20-7-13(22)19-8-20/h2-4,6H,5,7-8,16-17H2,1H3,(H,18,24)(H,19,22)/b9-6-. The van der Waals surface area contributed by atoms with E-state index in [0.717, 1.165) is 0 Å². The number of carbonyl (C=O) groups excluding carboxylic acids is 1. The highest BCUT2D eigenvalue weighted by atomic mass is 32.1. The van der Waals surface area contributed by atoms with Gasteiger partial charge in [0.25, 0.3) is 5.17 Å². The summed E-state index contributed by atoms with van der Waals surface area (Å²) >= 11 is 4.83. The number of carbonyl (C=O) groups is 1. The van der Waals surface area contributed by atoms with E-state index in [1.165, 1.54) is 24.4 Å². The molecule has 1 saturated heterocycles. The maximum atomic E-state index is 14.3. The number of hydrazine groups is 1. The Balaban J connectivity index is 2.04. The second kappa shape index (κ2) is 7.79. The average molecular weight is 354 g/mol. The van der Waals surface area contributed by atoms with Gasteiger partial charge in [0.1, 0.15) is 5.82 Å².